The lowest BCUT2D eigenvalue weighted by atomic mass is 10.1. The maximum atomic E-state index is 3.24. The first-order valence-electron chi connectivity index (χ1n) is 5.34. The predicted octanol–water partition coefficient (Wildman–Crippen LogP) is 2.73. The van der Waals surface area contributed by atoms with Crippen LogP contribution < -0.4 is 0 Å². The fraction of sp³-hybridized carbons (Fsp3) is 0.750. The van der Waals surface area contributed by atoms with Gasteiger partial charge in [0, 0.05) is 5.92 Å². The standard InChI is InChI=1S/C12H22N/c1-5-12(6-2)10-9-11-13(7-3)8-4/h5-8,11H2,1-4H3. The van der Waals surface area contributed by atoms with Crippen LogP contribution in [0.25, 0.3) is 0 Å². The third kappa shape index (κ3) is 5.71. The molecule has 0 N–H and O–H groups in total. The van der Waals surface area contributed by atoms with Crippen LogP contribution in [0.2, 0.25) is 0 Å². The summed E-state index contributed by atoms with van der Waals surface area (Å²) in [5.74, 6) is 7.84. The molecule has 0 bridgehead atoms. The normalized spacial score (nSPS) is 10.3. The van der Waals surface area contributed by atoms with E-state index in [4.69, 9.17) is 0 Å². The lowest BCUT2D eigenvalue weighted by Gasteiger charge is -2.13. The maximum Gasteiger partial charge on any atom is 0.0601 e. The summed E-state index contributed by atoms with van der Waals surface area (Å²) in [5, 5.41) is 0. The third-order valence-electron chi connectivity index (χ3n) is 2.32. The fourth-order valence-corrected chi connectivity index (χ4v) is 1.15. The van der Waals surface area contributed by atoms with Crippen molar-refractivity contribution < 1.29 is 0 Å². The molecule has 75 valence electrons. The molecule has 0 unspecified atom stereocenters. The zero-order valence-corrected chi connectivity index (χ0v) is 9.48. The summed E-state index contributed by atoms with van der Waals surface area (Å²) in [7, 11) is 0. The van der Waals surface area contributed by atoms with Gasteiger partial charge in [0.15, 0.2) is 0 Å². The molecule has 0 saturated carbocycles. The van der Waals surface area contributed by atoms with Gasteiger partial charge in [0.1, 0.15) is 0 Å². The Labute approximate surface area is 83.5 Å². The summed E-state index contributed by atoms with van der Waals surface area (Å²) in [6.07, 6.45) is 2.20. The molecule has 0 aromatic heterocycles. The van der Waals surface area contributed by atoms with Crippen LogP contribution in [0.15, 0.2) is 0 Å². The van der Waals surface area contributed by atoms with Crippen LogP contribution in [0.3, 0.4) is 0 Å². The van der Waals surface area contributed by atoms with Crippen molar-refractivity contribution in [1.29, 1.82) is 0 Å². The average molecular weight is 180 g/mol. The summed E-state index contributed by atoms with van der Waals surface area (Å²) in [5.41, 5.74) is 0. The third-order valence-corrected chi connectivity index (χ3v) is 2.32. The van der Waals surface area contributed by atoms with Gasteiger partial charge in [-0.2, -0.15) is 0 Å². The van der Waals surface area contributed by atoms with Gasteiger partial charge >= 0.3 is 0 Å². The highest BCUT2D eigenvalue weighted by Gasteiger charge is 1.98. The maximum absolute atomic E-state index is 3.24. The Hall–Kier alpha value is -0.480. The van der Waals surface area contributed by atoms with Crippen LogP contribution in [0.4, 0.5) is 0 Å². The minimum Gasteiger partial charge on any atom is -0.293 e. The zero-order chi connectivity index (χ0) is 10.1. The highest BCUT2D eigenvalue weighted by molar-refractivity contribution is 5.21. The molecule has 0 aromatic rings. The lowest BCUT2D eigenvalue weighted by molar-refractivity contribution is 0.342. The molecular formula is C12H22N. The Morgan fingerprint density at radius 3 is 1.92 bits per heavy atom. The van der Waals surface area contributed by atoms with Crippen LogP contribution in [0.1, 0.15) is 40.5 Å². The highest BCUT2D eigenvalue weighted by Crippen LogP contribution is 2.07. The smallest absolute Gasteiger partial charge is 0.0601 e. The van der Waals surface area contributed by atoms with Gasteiger partial charge in [0.05, 0.1) is 6.54 Å². The summed E-state index contributed by atoms with van der Waals surface area (Å²) >= 11 is 0. The second-order valence-corrected chi connectivity index (χ2v) is 3.07. The molecule has 0 aliphatic rings. The van der Waals surface area contributed by atoms with Gasteiger partial charge in [0.25, 0.3) is 0 Å². The number of rotatable bonds is 5. The first kappa shape index (κ1) is 12.5. The molecule has 0 heterocycles. The van der Waals surface area contributed by atoms with Gasteiger partial charge in [-0.1, -0.05) is 39.5 Å². The van der Waals surface area contributed by atoms with Gasteiger partial charge in [0.2, 0.25) is 0 Å². The Bertz CT molecular complexity index is 156. The number of hydrogen-bond acceptors (Lipinski definition) is 1. The van der Waals surface area contributed by atoms with Crippen molar-refractivity contribution in [2.24, 2.45) is 0 Å². The molecule has 0 aliphatic carbocycles. The average Bonchev–Trinajstić information content (AvgIpc) is 2.19. The predicted molar refractivity (Wildman–Crippen MR) is 59.4 cm³/mol. The molecule has 13 heavy (non-hydrogen) atoms. The molecule has 1 heteroatoms. The Balaban J connectivity index is 3.81. The molecule has 0 saturated heterocycles. The first-order chi connectivity index (χ1) is 6.28. The van der Waals surface area contributed by atoms with Crippen LogP contribution >= 0.6 is 0 Å². The van der Waals surface area contributed by atoms with E-state index < -0.39 is 0 Å². The number of hydrogen-bond donors (Lipinski definition) is 0. The lowest BCUT2D eigenvalue weighted by Crippen LogP contribution is -2.22. The van der Waals surface area contributed by atoms with Gasteiger partial charge < -0.3 is 0 Å². The zero-order valence-electron chi connectivity index (χ0n) is 9.48. The molecule has 1 nitrogen and oxygen atoms in total. The van der Waals surface area contributed by atoms with Crippen molar-refractivity contribution in [2.45, 2.75) is 40.5 Å². The van der Waals surface area contributed by atoms with E-state index in [1.807, 2.05) is 0 Å². The van der Waals surface area contributed by atoms with Crippen molar-refractivity contribution in [3.63, 3.8) is 0 Å². The second kappa shape index (κ2) is 8.13. The van der Waals surface area contributed by atoms with Crippen molar-refractivity contribution in [3.05, 3.63) is 5.92 Å². The first-order valence-corrected chi connectivity index (χ1v) is 5.34. The van der Waals surface area contributed by atoms with Crippen LogP contribution in [0.5, 0.6) is 0 Å². The molecule has 0 amide bonds. The van der Waals surface area contributed by atoms with E-state index >= 15 is 0 Å². The van der Waals surface area contributed by atoms with Gasteiger partial charge in [-0.25, -0.2) is 0 Å². The Kier molecular flexibility index (Phi) is 7.83. The Morgan fingerprint density at radius 2 is 1.54 bits per heavy atom. The van der Waals surface area contributed by atoms with E-state index in [2.05, 4.69) is 44.4 Å². The molecule has 0 fully saturated rings. The van der Waals surface area contributed by atoms with E-state index in [0.717, 1.165) is 32.5 Å². The van der Waals surface area contributed by atoms with Gasteiger partial charge in [-0.05, 0) is 25.9 Å². The highest BCUT2D eigenvalue weighted by atomic mass is 15.1. The Morgan fingerprint density at radius 1 is 1.00 bits per heavy atom. The molecule has 0 aromatic carbocycles. The van der Waals surface area contributed by atoms with E-state index in [1.165, 1.54) is 5.92 Å². The van der Waals surface area contributed by atoms with E-state index in [-0.39, 0.29) is 0 Å². The van der Waals surface area contributed by atoms with Crippen LogP contribution in [0, 0.1) is 17.8 Å². The quantitative estimate of drug-likeness (QED) is 0.588. The van der Waals surface area contributed by atoms with Crippen molar-refractivity contribution in [3.8, 4) is 11.8 Å². The minimum absolute atomic E-state index is 0.913. The minimum atomic E-state index is 0.913. The van der Waals surface area contributed by atoms with Crippen LogP contribution in [-0.2, 0) is 0 Å². The summed E-state index contributed by atoms with van der Waals surface area (Å²) < 4.78 is 0. The van der Waals surface area contributed by atoms with E-state index in [0.29, 0.717) is 0 Å². The van der Waals surface area contributed by atoms with Crippen molar-refractivity contribution in [2.75, 3.05) is 19.6 Å². The van der Waals surface area contributed by atoms with Gasteiger partial charge in [-0.15, -0.1) is 0 Å². The van der Waals surface area contributed by atoms with Crippen molar-refractivity contribution >= 4 is 0 Å². The molecule has 0 spiro atoms. The second-order valence-electron chi connectivity index (χ2n) is 3.07. The summed E-state index contributed by atoms with van der Waals surface area (Å²) in [4.78, 5) is 2.33. The summed E-state index contributed by atoms with van der Waals surface area (Å²) in [6.45, 7) is 11.8. The molecule has 0 rings (SSSR count). The van der Waals surface area contributed by atoms with E-state index in [9.17, 15) is 0 Å². The molecule has 0 atom stereocenters. The van der Waals surface area contributed by atoms with Crippen LogP contribution in [-0.4, -0.2) is 24.5 Å². The molecular weight excluding hydrogens is 158 g/mol. The monoisotopic (exact) mass is 180 g/mol. The van der Waals surface area contributed by atoms with E-state index in [1.54, 1.807) is 0 Å². The van der Waals surface area contributed by atoms with Gasteiger partial charge in [-0.3, -0.25) is 4.90 Å². The topological polar surface area (TPSA) is 3.24 Å². The SMILES string of the molecule is CC[C](C#CCN(CC)CC)CC. The molecule has 0 aliphatic heterocycles. The largest absolute Gasteiger partial charge is 0.293 e. The molecule has 1 radical (unpaired) electrons. The summed E-state index contributed by atoms with van der Waals surface area (Å²) in [6, 6.07) is 0. The fourth-order valence-electron chi connectivity index (χ4n) is 1.15. The van der Waals surface area contributed by atoms with Crippen molar-refractivity contribution in [1.82, 2.24) is 4.90 Å². The number of nitrogens with zero attached hydrogens (tertiary/aromatic N) is 1.